The molecule has 0 fully saturated rings. The van der Waals surface area contributed by atoms with Gasteiger partial charge in [0, 0.05) is 17.8 Å². The topological polar surface area (TPSA) is 63.9 Å². The van der Waals surface area contributed by atoms with E-state index in [0.29, 0.717) is 17.9 Å². The molecule has 3 aromatic rings. The predicted octanol–water partition coefficient (Wildman–Crippen LogP) is 2.46. The van der Waals surface area contributed by atoms with E-state index in [1.165, 1.54) is 22.5 Å². The first-order chi connectivity index (χ1) is 12.2. The number of anilines is 1. The van der Waals surface area contributed by atoms with Crippen LogP contribution < -0.4 is 4.90 Å². The maximum Gasteiger partial charge on any atom is 0.250 e. The Morgan fingerprint density at radius 1 is 1.16 bits per heavy atom. The van der Waals surface area contributed by atoms with Gasteiger partial charge in [0.25, 0.3) is 5.91 Å². The fourth-order valence-corrected chi connectivity index (χ4v) is 3.05. The molecule has 0 unspecified atom stereocenters. The number of carbonyl (C=O) groups excluding carboxylic acids is 1. The molecule has 6 nitrogen and oxygen atoms in total. The second-order valence-corrected chi connectivity index (χ2v) is 5.93. The number of carbonyl (C=O) groups is 1. The van der Waals surface area contributed by atoms with Gasteiger partial charge in [-0.15, -0.1) is 10.2 Å². The van der Waals surface area contributed by atoms with Gasteiger partial charge in [0.1, 0.15) is 12.4 Å². The van der Waals surface area contributed by atoms with Crippen molar-refractivity contribution in [3.63, 3.8) is 0 Å². The Morgan fingerprint density at radius 3 is 2.92 bits per heavy atom. The lowest BCUT2D eigenvalue weighted by molar-refractivity contribution is -0.119. The number of para-hydroxylation sites is 1. The first-order valence-electron chi connectivity index (χ1n) is 8.13. The second kappa shape index (κ2) is 6.43. The van der Waals surface area contributed by atoms with Gasteiger partial charge in [0.15, 0.2) is 0 Å². The highest BCUT2D eigenvalue weighted by atomic mass is 19.1. The number of amides is 1. The van der Waals surface area contributed by atoms with Gasteiger partial charge in [-0.1, -0.05) is 30.3 Å². The van der Waals surface area contributed by atoms with Crippen molar-refractivity contribution < 1.29 is 9.18 Å². The molecule has 2 aromatic carbocycles. The SMILES string of the molecule is O=C(Cn1nnc(-c2cccc(F)c2)n1)N1CCCc2ccccc21. The van der Waals surface area contributed by atoms with Crippen molar-refractivity contribution in [3.05, 3.63) is 59.9 Å². The molecule has 0 saturated carbocycles. The Labute approximate surface area is 143 Å². The molecular formula is C18H16FN5O. The number of fused-ring (bicyclic) bond motifs is 1. The van der Waals surface area contributed by atoms with Crippen molar-refractivity contribution in [1.29, 1.82) is 0 Å². The van der Waals surface area contributed by atoms with E-state index in [-0.39, 0.29) is 18.3 Å². The Balaban J connectivity index is 1.53. The first kappa shape index (κ1) is 15.4. The molecule has 4 rings (SSSR count). The highest BCUT2D eigenvalue weighted by Crippen LogP contribution is 2.26. The van der Waals surface area contributed by atoms with Crippen molar-refractivity contribution in [2.75, 3.05) is 11.4 Å². The number of rotatable bonds is 3. The lowest BCUT2D eigenvalue weighted by Gasteiger charge is -2.29. The monoisotopic (exact) mass is 337 g/mol. The molecule has 1 aromatic heterocycles. The Bertz CT molecular complexity index is 923. The molecule has 0 saturated heterocycles. The van der Waals surface area contributed by atoms with E-state index in [2.05, 4.69) is 15.4 Å². The summed E-state index contributed by atoms with van der Waals surface area (Å²) in [5.41, 5.74) is 2.65. The minimum atomic E-state index is -0.366. The number of aromatic nitrogens is 4. The van der Waals surface area contributed by atoms with Crippen molar-refractivity contribution in [3.8, 4) is 11.4 Å². The summed E-state index contributed by atoms with van der Waals surface area (Å²) in [4.78, 5) is 15.7. The van der Waals surface area contributed by atoms with Crippen LogP contribution in [0.25, 0.3) is 11.4 Å². The number of aryl methyl sites for hydroxylation is 1. The zero-order valence-electron chi connectivity index (χ0n) is 13.5. The largest absolute Gasteiger partial charge is 0.310 e. The predicted molar refractivity (Wildman–Crippen MR) is 90.3 cm³/mol. The van der Waals surface area contributed by atoms with Crippen LogP contribution in [0.4, 0.5) is 10.1 Å². The van der Waals surface area contributed by atoms with Crippen LogP contribution in [0.15, 0.2) is 48.5 Å². The third kappa shape index (κ3) is 3.13. The van der Waals surface area contributed by atoms with Crippen LogP contribution in [0.2, 0.25) is 0 Å². The van der Waals surface area contributed by atoms with Gasteiger partial charge in [-0.25, -0.2) is 4.39 Å². The van der Waals surface area contributed by atoms with Gasteiger partial charge in [-0.3, -0.25) is 4.79 Å². The smallest absolute Gasteiger partial charge is 0.250 e. The van der Waals surface area contributed by atoms with E-state index in [1.807, 2.05) is 24.3 Å². The third-order valence-corrected chi connectivity index (χ3v) is 4.22. The molecule has 1 aliphatic heterocycles. The minimum absolute atomic E-state index is 0.00332. The quantitative estimate of drug-likeness (QED) is 0.736. The Morgan fingerprint density at radius 2 is 2.04 bits per heavy atom. The molecule has 0 spiro atoms. The van der Waals surface area contributed by atoms with Crippen molar-refractivity contribution in [2.45, 2.75) is 19.4 Å². The standard InChI is InChI=1S/C18H16FN5O/c19-15-8-3-6-14(11-15)18-20-22-24(21-18)12-17(25)23-10-4-7-13-5-1-2-9-16(13)23/h1-3,5-6,8-9,11H,4,7,10,12H2. The van der Waals surface area contributed by atoms with Crippen LogP contribution in [0.5, 0.6) is 0 Å². The molecule has 1 aliphatic rings. The highest BCUT2D eigenvalue weighted by Gasteiger charge is 2.23. The second-order valence-electron chi connectivity index (χ2n) is 5.93. The van der Waals surface area contributed by atoms with Crippen LogP contribution in [0.1, 0.15) is 12.0 Å². The average molecular weight is 337 g/mol. The summed E-state index contributed by atoms with van der Waals surface area (Å²) in [6.45, 7) is 0.679. The van der Waals surface area contributed by atoms with Gasteiger partial charge >= 0.3 is 0 Å². The maximum atomic E-state index is 13.3. The van der Waals surface area contributed by atoms with Crippen LogP contribution in [-0.2, 0) is 17.8 Å². The van der Waals surface area contributed by atoms with Crippen LogP contribution in [0.3, 0.4) is 0 Å². The lowest BCUT2D eigenvalue weighted by atomic mass is 10.0. The maximum absolute atomic E-state index is 13.3. The number of halogens is 1. The van der Waals surface area contributed by atoms with E-state index in [9.17, 15) is 9.18 Å². The van der Waals surface area contributed by atoms with Gasteiger partial charge < -0.3 is 4.90 Å². The van der Waals surface area contributed by atoms with Crippen LogP contribution in [-0.4, -0.2) is 32.7 Å². The van der Waals surface area contributed by atoms with Gasteiger partial charge in [-0.2, -0.15) is 4.80 Å². The number of nitrogens with zero attached hydrogens (tertiary/aromatic N) is 5. The molecule has 0 aliphatic carbocycles. The van der Waals surface area contributed by atoms with Crippen molar-refractivity contribution in [1.82, 2.24) is 20.2 Å². The zero-order chi connectivity index (χ0) is 17.2. The fraction of sp³-hybridized carbons (Fsp3) is 0.222. The highest BCUT2D eigenvalue weighted by molar-refractivity contribution is 5.94. The summed E-state index contributed by atoms with van der Waals surface area (Å²) >= 11 is 0. The summed E-state index contributed by atoms with van der Waals surface area (Å²) in [5.74, 6) is -0.156. The number of hydrogen-bond acceptors (Lipinski definition) is 4. The molecule has 0 bridgehead atoms. The lowest BCUT2D eigenvalue weighted by Crippen LogP contribution is -2.38. The van der Waals surface area contributed by atoms with E-state index in [0.717, 1.165) is 18.5 Å². The minimum Gasteiger partial charge on any atom is -0.310 e. The molecule has 2 heterocycles. The van der Waals surface area contributed by atoms with Gasteiger partial charge in [0.05, 0.1) is 0 Å². The Kier molecular flexibility index (Phi) is 3.97. The summed E-state index contributed by atoms with van der Waals surface area (Å²) in [6.07, 6.45) is 1.91. The fourth-order valence-electron chi connectivity index (χ4n) is 3.05. The summed E-state index contributed by atoms with van der Waals surface area (Å²) in [6, 6.07) is 13.9. The normalized spacial score (nSPS) is 13.6. The Hall–Kier alpha value is -3.09. The van der Waals surface area contributed by atoms with Crippen LogP contribution >= 0.6 is 0 Å². The van der Waals surface area contributed by atoms with Gasteiger partial charge in [0.2, 0.25) is 5.82 Å². The molecular weight excluding hydrogens is 321 g/mol. The van der Waals surface area contributed by atoms with Gasteiger partial charge in [-0.05, 0) is 41.8 Å². The number of hydrogen-bond donors (Lipinski definition) is 0. The molecule has 7 heteroatoms. The summed E-state index contributed by atoms with van der Waals surface area (Å²) in [5, 5.41) is 12.0. The first-order valence-corrected chi connectivity index (χ1v) is 8.13. The average Bonchev–Trinajstić information content (AvgIpc) is 3.10. The molecule has 0 N–H and O–H groups in total. The number of tetrazole rings is 1. The molecule has 126 valence electrons. The van der Waals surface area contributed by atoms with E-state index in [1.54, 1.807) is 17.0 Å². The van der Waals surface area contributed by atoms with E-state index in [4.69, 9.17) is 0 Å². The third-order valence-electron chi connectivity index (χ3n) is 4.22. The number of benzene rings is 2. The van der Waals surface area contributed by atoms with Crippen molar-refractivity contribution >= 4 is 11.6 Å². The van der Waals surface area contributed by atoms with E-state index < -0.39 is 0 Å². The molecule has 0 atom stereocenters. The molecule has 0 radical (unpaired) electrons. The molecule has 25 heavy (non-hydrogen) atoms. The van der Waals surface area contributed by atoms with E-state index >= 15 is 0 Å². The van der Waals surface area contributed by atoms with Crippen LogP contribution in [0, 0.1) is 5.82 Å². The van der Waals surface area contributed by atoms with Crippen molar-refractivity contribution in [2.24, 2.45) is 0 Å². The zero-order valence-corrected chi connectivity index (χ0v) is 13.5. The molecule has 1 amide bonds. The summed E-state index contributed by atoms with van der Waals surface area (Å²) < 4.78 is 13.3. The summed E-state index contributed by atoms with van der Waals surface area (Å²) in [7, 11) is 0.